The predicted molar refractivity (Wildman–Crippen MR) is 102 cm³/mol. The first-order chi connectivity index (χ1) is 13.7. The number of thiophene rings is 1. The van der Waals surface area contributed by atoms with Crippen LogP contribution in [0.3, 0.4) is 0 Å². The van der Waals surface area contributed by atoms with Crippen molar-refractivity contribution in [2.24, 2.45) is 0 Å². The first-order valence-electron chi connectivity index (χ1n) is 8.05. The first-order valence-corrected chi connectivity index (χ1v) is 9.30. The summed E-state index contributed by atoms with van der Waals surface area (Å²) in [6.07, 6.45) is -4.75. The number of fused-ring (bicyclic) bond motifs is 1. The fourth-order valence-electron chi connectivity index (χ4n) is 2.66. The van der Waals surface area contributed by atoms with Gasteiger partial charge in [0.05, 0.1) is 10.6 Å². The minimum Gasteiger partial charge on any atom is -0.508 e. The molecule has 0 fully saturated rings. The minimum absolute atomic E-state index is 0.0709. The van der Waals surface area contributed by atoms with E-state index in [4.69, 9.17) is 11.6 Å². The summed E-state index contributed by atoms with van der Waals surface area (Å²) in [5.41, 5.74) is -1.51. The Balaban J connectivity index is 1.84. The molecule has 29 heavy (non-hydrogen) atoms. The smallest absolute Gasteiger partial charge is 0.433 e. The van der Waals surface area contributed by atoms with Gasteiger partial charge < -0.3 is 10.4 Å². The minimum atomic E-state index is -4.75. The molecule has 6 nitrogen and oxygen atoms in total. The number of rotatable bonds is 3. The molecular formula is C18H10ClF3N4O2S. The number of carbonyl (C=O) groups excluding carboxylic acids is 1. The van der Waals surface area contributed by atoms with E-state index in [1.807, 2.05) is 0 Å². The van der Waals surface area contributed by atoms with Crippen molar-refractivity contribution in [3.05, 3.63) is 64.3 Å². The zero-order chi connectivity index (χ0) is 20.8. The lowest BCUT2D eigenvalue weighted by atomic mass is 10.2. The van der Waals surface area contributed by atoms with Crippen molar-refractivity contribution >= 4 is 40.2 Å². The van der Waals surface area contributed by atoms with E-state index in [1.165, 1.54) is 35.6 Å². The highest BCUT2D eigenvalue weighted by atomic mass is 35.5. The van der Waals surface area contributed by atoms with Crippen LogP contribution in [0.5, 0.6) is 5.75 Å². The van der Waals surface area contributed by atoms with Crippen LogP contribution in [0.4, 0.5) is 18.9 Å². The highest BCUT2D eigenvalue weighted by Crippen LogP contribution is 2.35. The van der Waals surface area contributed by atoms with Gasteiger partial charge in [0.1, 0.15) is 10.8 Å². The zero-order valence-corrected chi connectivity index (χ0v) is 15.8. The summed E-state index contributed by atoms with van der Waals surface area (Å²) in [6.45, 7) is 0. The lowest BCUT2D eigenvalue weighted by Crippen LogP contribution is -2.15. The number of amides is 1. The summed E-state index contributed by atoms with van der Waals surface area (Å²) in [5.74, 6) is -0.928. The number of alkyl halides is 3. The normalized spacial score (nSPS) is 11.7. The van der Waals surface area contributed by atoms with Gasteiger partial charge in [-0.05, 0) is 29.6 Å². The summed E-state index contributed by atoms with van der Waals surface area (Å²) in [7, 11) is 0. The van der Waals surface area contributed by atoms with E-state index in [0.29, 0.717) is 9.39 Å². The van der Waals surface area contributed by atoms with Crippen LogP contribution in [0, 0.1) is 0 Å². The molecule has 4 aromatic rings. The van der Waals surface area contributed by atoms with Crippen LogP contribution in [-0.4, -0.2) is 25.6 Å². The molecule has 0 saturated carbocycles. The molecule has 0 bridgehead atoms. The van der Waals surface area contributed by atoms with E-state index in [2.05, 4.69) is 15.4 Å². The number of aromatic nitrogens is 3. The molecule has 0 saturated heterocycles. The van der Waals surface area contributed by atoms with Crippen molar-refractivity contribution in [2.45, 2.75) is 6.18 Å². The van der Waals surface area contributed by atoms with Crippen LogP contribution >= 0.6 is 22.9 Å². The maximum atomic E-state index is 13.6. The van der Waals surface area contributed by atoms with Gasteiger partial charge in [0.15, 0.2) is 17.0 Å². The number of phenols is 1. The van der Waals surface area contributed by atoms with Gasteiger partial charge >= 0.3 is 6.18 Å². The van der Waals surface area contributed by atoms with E-state index < -0.39 is 23.5 Å². The van der Waals surface area contributed by atoms with Gasteiger partial charge in [-0.2, -0.15) is 18.3 Å². The largest absolute Gasteiger partial charge is 0.508 e. The Kier molecular flexibility index (Phi) is 4.67. The molecule has 0 unspecified atom stereocenters. The summed E-state index contributed by atoms with van der Waals surface area (Å²) in [6, 6.07) is 9.84. The topological polar surface area (TPSA) is 79.5 Å². The van der Waals surface area contributed by atoms with Crippen molar-refractivity contribution in [1.29, 1.82) is 0 Å². The van der Waals surface area contributed by atoms with Crippen LogP contribution in [0.15, 0.2) is 47.8 Å². The van der Waals surface area contributed by atoms with Crippen LogP contribution in [-0.2, 0) is 6.18 Å². The molecule has 0 radical (unpaired) electrons. The van der Waals surface area contributed by atoms with Gasteiger partial charge in [-0.15, -0.1) is 11.3 Å². The molecule has 0 atom stereocenters. The quantitative estimate of drug-likeness (QED) is 0.467. The lowest BCUT2D eigenvalue weighted by molar-refractivity contribution is -0.142. The Morgan fingerprint density at radius 1 is 1.21 bits per heavy atom. The third kappa shape index (κ3) is 3.64. The van der Waals surface area contributed by atoms with Gasteiger partial charge in [-0.1, -0.05) is 23.7 Å². The molecular weight excluding hydrogens is 429 g/mol. The summed E-state index contributed by atoms with van der Waals surface area (Å²) in [4.78, 5) is 17.2. The number of anilines is 1. The number of hydrogen-bond donors (Lipinski definition) is 2. The van der Waals surface area contributed by atoms with Crippen LogP contribution in [0.1, 0.15) is 16.2 Å². The second-order valence-electron chi connectivity index (χ2n) is 5.90. The van der Waals surface area contributed by atoms with Crippen molar-refractivity contribution < 1.29 is 23.1 Å². The lowest BCUT2D eigenvalue weighted by Gasteiger charge is -2.10. The van der Waals surface area contributed by atoms with E-state index in [0.717, 1.165) is 6.07 Å². The maximum absolute atomic E-state index is 13.6. The van der Waals surface area contributed by atoms with Crippen LogP contribution in [0.25, 0.3) is 16.2 Å². The number of nitrogens with one attached hydrogen (secondary N) is 1. The predicted octanol–water partition coefficient (Wildman–Crippen LogP) is 5.09. The van der Waals surface area contributed by atoms with Crippen molar-refractivity contribution in [2.75, 3.05) is 5.32 Å². The summed E-state index contributed by atoms with van der Waals surface area (Å²) < 4.78 is 41.4. The summed E-state index contributed by atoms with van der Waals surface area (Å²) >= 11 is 7.41. The molecule has 1 aromatic carbocycles. The molecule has 0 aliphatic carbocycles. The van der Waals surface area contributed by atoms with E-state index in [9.17, 15) is 23.1 Å². The number of aromatic hydroxyl groups is 1. The first kappa shape index (κ1) is 19.2. The molecule has 2 N–H and O–H groups in total. The Morgan fingerprint density at radius 2 is 2.00 bits per heavy atom. The van der Waals surface area contributed by atoms with E-state index >= 15 is 0 Å². The maximum Gasteiger partial charge on any atom is 0.433 e. The van der Waals surface area contributed by atoms with Crippen molar-refractivity contribution in [1.82, 2.24) is 14.6 Å². The average molecular weight is 439 g/mol. The fourth-order valence-corrected chi connectivity index (χ4v) is 3.60. The number of phenolic OH excluding ortho intramolecular Hbond substituents is 1. The third-order valence-electron chi connectivity index (χ3n) is 3.92. The molecule has 0 aliphatic rings. The molecule has 3 heterocycles. The number of halogens is 4. The Labute approximate surface area is 170 Å². The van der Waals surface area contributed by atoms with Gasteiger partial charge in [0, 0.05) is 11.8 Å². The standard InChI is InChI=1S/C18H10ClF3N4O2S/c19-14-15(17(28)23-9-3-1-4-10(27)7-9)25-26-13(18(20,21)22)8-11(24-16(14)26)12-5-2-6-29-12/h1-8,27H,(H,23,28). The van der Waals surface area contributed by atoms with Gasteiger partial charge in [-0.3, -0.25) is 4.79 Å². The molecule has 1 amide bonds. The van der Waals surface area contributed by atoms with Gasteiger partial charge in [0.25, 0.3) is 5.91 Å². The van der Waals surface area contributed by atoms with Crippen molar-refractivity contribution in [3.8, 4) is 16.3 Å². The Hall–Kier alpha value is -3.11. The second-order valence-corrected chi connectivity index (χ2v) is 7.23. The molecule has 148 valence electrons. The van der Waals surface area contributed by atoms with Crippen LogP contribution < -0.4 is 5.32 Å². The number of carbonyl (C=O) groups is 1. The third-order valence-corrected chi connectivity index (χ3v) is 5.16. The van der Waals surface area contributed by atoms with Gasteiger partial charge in [-0.25, -0.2) is 9.50 Å². The number of hydrogen-bond acceptors (Lipinski definition) is 5. The molecule has 4 rings (SSSR count). The Bertz CT molecular complexity index is 1220. The highest BCUT2D eigenvalue weighted by molar-refractivity contribution is 7.13. The van der Waals surface area contributed by atoms with E-state index in [1.54, 1.807) is 17.5 Å². The highest BCUT2D eigenvalue weighted by Gasteiger charge is 2.36. The molecule has 0 aliphatic heterocycles. The average Bonchev–Trinajstić information content (AvgIpc) is 3.29. The second kappa shape index (κ2) is 7.05. The monoisotopic (exact) mass is 438 g/mol. The van der Waals surface area contributed by atoms with E-state index in [-0.39, 0.29) is 27.8 Å². The molecule has 0 spiro atoms. The summed E-state index contributed by atoms with van der Waals surface area (Å²) in [5, 5.41) is 17.1. The SMILES string of the molecule is O=C(Nc1cccc(O)c1)c1nn2c(C(F)(F)F)cc(-c3cccs3)nc2c1Cl. The molecule has 11 heteroatoms. The van der Waals surface area contributed by atoms with Gasteiger partial charge in [0.2, 0.25) is 0 Å². The number of nitrogens with zero attached hydrogens (tertiary/aromatic N) is 3. The van der Waals surface area contributed by atoms with Crippen molar-refractivity contribution in [3.63, 3.8) is 0 Å². The Morgan fingerprint density at radius 3 is 2.66 bits per heavy atom. The zero-order valence-electron chi connectivity index (χ0n) is 14.2. The number of benzene rings is 1. The fraction of sp³-hybridized carbons (Fsp3) is 0.0556. The molecule has 3 aromatic heterocycles. The van der Waals surface area contributed by atoms with Crippen LogP contribution in [0.2, 0.25) is 5.02 Å².